The van der Waals surface area contributed by atoms with Crippen LogP contribution in [0.15, 0.2) is 0 Å². The summed E-state index contributed by atoms with van der Waals surface area (Å²) < 4.78 is 0. The Morgan fingerprint density at radius 1 is 1.55 bits per heavy atom. The van der Waals surface area contributed by atoms with Crippen LogP contribution >= 0.6 is 0 Å². The van der Waals surface area contributed by atoms with Crippen LogP contribution in [0.2, 0.25) is 0 Å². The van der Waals surface area contributed by atoms with E-state index in [9.17, 15) is 9.59 Å². The molecule has 0 aromatic rings. The van der Waals surface area contributed by atoms with E-state index in [4.69, 9.17) is 10.2 Å². The average Bonchev–Trinajstić information content (AvgIpc) is 2.09. The predicted molar refractivity (Wildman–Crippen MR) is 33.3 cm³/mol. The van der Waals surface area contributed by atoms with Gasteiger partial charge in [0.2, 0.25) is 5.91 Å². The van der Waals surface area contributed by atoms with E-state index in [1.807, 2.05) is 5.32 Å². The van der Waals surface area contributed by atoms with Crippen LogP contribution in [0.25, 0.3) is 0 Å². The normalized spacial score (nSPS) is 17.9. The number of imide groups is 1. The summed E-state index contributed by atoms with van der Waals surface area (Å²) in [5, 5.41) is 18.9. The number of hydrogen-bond acceptors (Lipinski definition) is 4. The second kappa shape index (κ2) is 2.85. The SMILES string of the molecule is O=C1CN(CC(O)O)C(=O)N1. The van der Waals surface area contributed by atoms with Crippen LogP contribution in [0.4, 0.5) is 4.79 Å². The van der Waals surface area contributed by atoms with Crippen molar-refractivity contribution in [2.24, 2.45) is 0 Å². The molecule has 1 rings (SSSR count). The Bertz CT molecular complexity index is 191. The number of aliphatic hydroxyl groups excluding tert-OH is 1. The van der Waals surface area contributed by atoms with Gasteiger partial charge in [0.05, 0.1) is 6.54 Å². The fraction of sp³-hybridized carbons (Fsp3) is 0.600. The molecule has 0 aromatic heterocycles. The zero-order chi connectivity index (χ0) is 8.43. The molecule has 3 N–H and O–H groups in total. The van der Waals surface area contributed by atoms with E-state index in [-0.39, 0.29) is 13.1 Å². The second-order valence-corrected chi connectivity index (χ2v) is 2.21. The molecule has 1 aliphatic heterocycles. The van der Waals surface area contributed by atoms with E-state index in [1.54, 1.807) is 0 Å². The summed E-state index contributed by atoms with van der Waals surface area (Å²) in [7, 11) is 0. The Kier molecular flexibility index (Phi) is 2.06. The molecule has 0 atom stereocenters. The lowest BCUT2D eigenvalue weighted by Crippen LogP contribution is -2.34. The number of urea groups is 1. The third-order valence-electron chi connectivity index (χ3n) is 1.25. The van der Waals surface area contributed by atoms with Gasteiger partial charge in [-0.2, -0.15) is 0 Å². The molecule has 0 aliphatic carbocycles. The number of carbonyl (C=O) groups is 2. The molecule has 3 amide bonds. The van der Waals surface area contributed by atoms with Crippen molar-refractivity contribution in [2.45, 2.75) is 6.29 Å². The molecule has 11 heavy (non-hydrogen) atoms. The molecule has 0 bridgehead atoms. The van der Waals surface area contributed by atoms with Crippen molar-refractivity contribution < 1.29 is 19.8 Å². The number of hydrogen-bond donors (Lipinski definition) is 3. The van der Waals surface area contributed by atoms with Crippen LogP contribution in [-0.4, -0.2) is 46.4 Å². The highest BCUT2D eigenvalue weighted by Gasteiger charge is 2.27. The minimum absolute atomic E-state index is 0.101. The van der Waals surface area contributed by atoms with E-state index in [0.29, 0.717) is 0 Å². The van der Waals surface area contributed by atoms with Crippen molar-refractivity contribution in [3.05, 3.63) is 0 Å². The molecular weight excluding hydrogens is 152 g/mol. The van der Waals surface area contributed by atoms with Gasteiger partial charge in [0.15, 0.2) is 6.29 Å². The van der Waals surface area contributed by atoms with E-state index < -0.39 is 18.2 Å². The fourth-order valence-corrected chi connectivity index (χ4v) is 0.828. The topological polar surface area (TPSA) is 89.9 Å². The van der Waals surface area contributed by atoms with Gasteiger partial charge < -0.3 is 15.1 Å². The standard InChI is InChI=1S/C5H8N2O4/c8-3-1-7(2-4(9)10)5(11)6-3/h4,9-10H,1-2H2,(H,6,8,11). The van der Waals surface area contributed by atoms with Crippen LogP contribution in [0.3, 0.4) is 0 Å². The smallest absolute Gasteiger partial charge is 0.324 e. The first-order valence-electron chi connectivity index (χ1n) is 3.04. The highest BCUT2D eigenvalue weighted by atomic mass is 16.5. The Labute approximate surface area is 62.4 Å². The first kappa shape index (κ1) is 7.96. The van der Waals surface area contributed by atoms with E-state index in [0.717, 1.165) is 4.90 Å². The quantitative estimate of drug-likeness (QED) is 0.317. The summed E-state index contributed by atoms with van der Waals surface area (Å²) in [5.41, 5.74) is 0. The second-order valence-electron chi connectivity index (χ2n) is 2.21. The monoisotopic (exact) mass is 160 g/mol. The van der Waals surface area contributed by atoms with Crippen molar-refractivity contribution in [3.63, 3.8) is 0 Å². The lowest BCUT2D eigenvalue weighted by molar-refractivity contribution is -0.118. The van der Waals surface area contributed by atoms with Crippen LogP contribution < -0.4 is 5.32 Å². The summed E-state index contributed by atoms with van der Waals surface area (Å²) in [6.07, 6.45) is -1.59. The maximum Gasteiger partial charge on any atom is 0.324 e. The third-order valence-corrected chi connectivity index (χ3v) is 1.25. The zero-order valence-corrected chi connectivity index (χ0v) is 5.65. The minimum atomic E-state index is -1.59. The molecular formula is C5H8N2O4. The summed E-state index contributed by atoms with van der Waals surface area (Å²) >= 11 is 0. The molecule has 0 radical (unpaired) electrons. The molecule has 0 saturated carbocycles. The summed E-state index contributed by atoms with van der Waals surface area (Å²) in [5.74, 6) is -0.421. The molecule has 62 valence electrons. The van der Waals surface area contributed by atoms with Gasteiger partial charge in [0.25, 0.3) is 0 Å². The van der Waals surface area contributed by atoms with Crippen LogP contribution in [0, 0.1) is 0 Å². The Balaban J connectivity index is 2.47. The highest BCUT2D eigenvalue weighted by Crippen LogP contribution is 1.97. The summed E-state index contributed by atoms with van der Waals surface area (Å²) in [6, 6.07) is -0.580. The highest BCUT2D eigenvalue weighted by molar-refractivity contribution is 6.01. The Hall–Kier alpha value is -1.14. The number of aliphatic hydroxyl groups is 2. The third kappa shape index (κ3) is 1.89. The summed E-state index contributed by atoms with van der Waals surface area (Å²) in [6.45, 7) is -0.339. The number of carbonyl (C=O) groups excluding carboxylic acids is 2. The molecule has 0 aromatic carbocycles. The molecule has 1 saturated heterocycles. The van der Waals surface area contributed by atoms with Crippen molar-refractivity contribution in [2.75, 3.05) is 13.1 Å². The molecule has 0 unspecified atom stereocenters. The molecule has 1 heterocycles. The van der Waals surface area contributed by atoms with Gasteiger partial charge in [-0.15, -0.1) is 0 Å². The van der Waals surface area contributed by atoms with Gasteiger partial charge in [-0.3, -0.25) is 10.1 Å². The number of nitrogens with one attached hydrogen (secondary N) is 1. The van der Waals surface area contributed by atoms with Gasteiger partial charge in [-0.25, -0.2) is 4.79 Å². The first-order chi connectivity index (χ1) is 5.09. The van der Waals surface area contributed by atoms with Crippen molar-refractivity contribution in [1.29, 1.82) is 0 Å². The molecule has 1 fully saturated rings. The fourth-order valence-electron chi connectivity index (χ4n) is 0.828. The lowest BCUT2D eigenvalue weighted by Gasteiger charge is -2.13. The van der Waals surface area contributed by atoms with Crippen molar-refractivity contribution >= 4 is 11.9 Å². The van der Waals surface area contributed by atoms with E-state index >= 15 is 0 Å². The summed E-state index contributed by atoms with van der Waals surface area (Å²) in [4.78, 5) is 22.2. The average molecular weight is 160 g/mol. The maximum absolute atomic E-state index is 10.7. The Morgan fingerprint density at radius 3 is 2.55 bits per heavy atom. The van der Waals surface area contributed by atoms with Gasteiger partial charge in [-0.05, 0) is 0 Å². The zero-order valence-electron chi connectivity index (χ0n) is 5.65. The van der Waals surface area contributed by atoms with Crippen molar-refractivity contribution in [3.8, 4) is 0 Å². The van der Waals surface area contributed by atoms with Crippen LogP contribution in [-0.2, 0) is 4.79 Å². The largest absolute Gasteiger partial charge is 0.367 e. The van der Waals surface area contributed by atoms with Crippen LogP contribution in [0.5, 0.6) is 0 Å². The number of rotatable bonds is 2. The van der Waals surface area contributed by atoms with Gasteiger partial charge in [-0.1, -0.05) is 0 Å². The molecule has 6 nitrogen and oxygen atoms in total. The number of nitrogens with zero attached hydrogens (tertiary/aromatic N) is 1. The van der Waals surface area contributed by atoms with Gasteiger partial charge in [0.1, 0.15) is 6.54 Å². The lowest BCUT2D eigenvalue weighted by atomic mass is 10.5. The van der Waals surface area contributed by atoms with E-state index in [2.05, 4.69) is 0 Å². The Morgan fingerprint density at radius 2 is 2.18 bits per heavy atom. The first-order valence-corrected chi connectivity index (χ1v) is 3.04. The molecule has 0 spiro atoms. The number of amides is 3. The minimum Gasteiger partial charge on any atom is -0.367 e. The maximum atomic E-state index is 10.7. The number of β-amino-alcohol motifs (C(OH)–C–C–N with tert-alkyl or cyclic N) is 2. The van der Waals surface area contributed by atoms with E-state index in [1.165, 1.54) is 0 Å². The van der Waals surface area contributed by atoms with Gasteiger partial charge >= 0.3 is 6.03 Å². The predicted octanol–water partition coefficient (Wildman–Crippen LogP) is -2.15. The van der Waals surface area contributed by atoms with Crippen LogP contribution in [0.1, 0.15) is 0 Å². The van der Waals surface area contributed by atoms with Crippen molar-refractivity contribution in [1.82, 2.24) is 10.2 Å². The molecule has 6 heteroatoms. The van der Waals surface area contributed by atoms with Gasteiger partial charge in [0, 0.05) is 0 Å². The molecule has 1 aliphatic rings.